The Morgan fingerprint density at radius 2 is 1.93 bits per heavy atom. The Bertz CT molecular complexity index is 720. The van der Waals surface area contributed by atoms with Crippen LogP contribution in [0.1, 0.15) is 29.8 Å². The third kappa shape index (κ3) is 5.94. The Kier molecular flexibility index (Phi) is 8.03. The van der Waals surface area contributed by atoms with Crippen molar-refractivity contribution in [3.8, 4) is 11.5 Å². The van der Waals surface area contributed by atoms with Gasteiger partial charge >= 0.3 is 0 Å². The second-order valence-electron chi connectivity index (χ2n) is 5.85. The number of pyridine rings is 1. The molecule has 1 amide bonds. The van der Waals surface area contributed by atoms with E-state index >= 15 is 0 Å². The van der Waals surface area contributed by atoms with E-state index in [1.807, 2.05) is 26.0 Å². The number of hydrogen-bond acceptors (Lipinski definition) is 6. The van der Waals surface area contributed by atoms with Gasteiger partial charge in [0.15, 0.2) is 17.8 Å². The summed E-state index contributed by atoms with van der Waals surface area (Å²) in [6.07, 6.45) is 2.93. The van der Waals surface area contributed by atoms with Gasteiger partial charge in [0.1, 0.15) is 6.61 Å². The Morgan fingerprint density at radius 1 is 1.15 bits per heavy atom. The van der Waals surface area contributed by atoms with Gasteiger partial charge in [-0.05, 0) is 38.1 Å². The first-order chi connectivity index (χ1) is 13.1. The van der Waals surface area contributed by atoms with E-state index in [1.54, 1.807) is 30.6 Å². The zero-order valence-electron chi connectivity index (χ0n) is 16.1. The van der Waals surface area contributed by atoms with Gasteiger partial charge in [0.2, 0.25) is 0 Å². The molecule has 1 aromatic carbocycles. The normalized spacial score (nSPS) is 11.9. The summed E-state index contributed by atoms with van der Waals surface area (Å²) in [5.74, 6) is 0.829. The molecule has 0 aliphatic carbocycles. The molecule has 0 aliphatic rings. The highest BCUT2D eigenvalue weighted by atomic mass is 16.7. The zero-order valence-corrected chi connectivity index (χ0v) is 16.1. The lowest BCUT2D eigenvalue weighted by Gasteiger charge is -2.22. The number of rotatable bonds is 10. The van der Waals surface area contributed by atoms with Crippen LogP contribution in [0.25, 0.3) is 0 Å². The van der Waals surface area contributed by atoms with E-state index < -0.39 is 6.29 Å². The van der Waals surface area contributed by atoms with Crippen LogP contribution in [-0.4, -0.2) is 44.0 Å². The van der Waals surface area contributed by atoms with Gasteiger partial charge in [-0.1, -0.05) is 6.07 Å². The number of amides is 1. The van der Waals surface area contributed by atoms with Crippen molar-refractivity contribution >= 4 is 5.91 Å². The molecule has 0 saturated carbocycles. The largest absolute Gasteiger partial charge is 0.490 e. The minimum absolute atomic E-state index is 0.249. The molecule has 2 aromatic rings. The molecule has 0 radical (unpaired) electrons. The van der Waals surface area contributed by atoms with Gasteiger partial charge in [-0.3, -0.25) is 9.78 Å². The Balaban J connectivity index is 2.10. The molecule has 0 aliphatic heterocycles. The number of hydrogen-bond donors (Lipinski definition) is 1. The fraction of sp³-hybridized carbons (Fsp3) is 0.400. The van der Waals surface area contributed by atoms with Crippen LogP contribution in [0.4, 0.5) is 0 Å². The number of carbonyl (C=O) groups excluding carboxylic acids is 1. The Labute approximate surface area is 159 Å². The average Bonchev–Trinajstić information content (AvgIpc) is 2.69. The second-order valence-corrected chi connectivity index (χ2v) is 5.85. The third-order valence-corrected chi connectivity index (χ3v) is 3.85. The van der Waals surface area contributed by atoms with Crippen molar-refractivity contribution in [2.45, 2.75) is 32.8 Å². The van der Waals surface area contributed by atoms with Crippen LogP contribution in [0.15, 0.2) is 42.7 Å². The topological polar surface area (TPSA) is 78.9 Å². The van der Waals surface area contributed by atoms with Crippen LogP contribution < -0.4 is 14.8 Å². The van der Waals surface area contributed by atoms with E-state index in [9.17, 15) is 4.79 Å². The number of carbonyl (C=O) groups is 1. The average molecular weight is 374 g/mol. The molecule has 1 heterocycles. The van der Waals surface area contributed by atoms with Gasteiger partial charge in [-0.25, -0.2) is 0 Å². The molecule has 0 saturated heterocycles. The molecule has 1 atom stereocenters. The molecule has 2 rings (SSSR count). The first kappa shape index (κ1) is 20.7. The number of nitrogens with one attached hydrogen (secondary N) is 1. The first-order valence-electron chi connectivity index (χ1n) is 8.74. The highest BCUT2D eigenvalue weighted by Gasteiger charge is 2.20. The first-order valence-corrected chi connectivity index (χ1v) is 8.74. The molecule has 1 N–H and O–H groups in total. The number of aromatic nitrogens is 1. The smallest absolute Gasteiger partial charge is 0.251 e. The summed E-state index contributed by atoms with van der Waals surface area (Å²) >= 11 is 0. The van der Waals surface area contributed by atoms with Crippen molar-refractivity contribution in [2.75, 3.05) is 20.8 Å². The van der Waals surface area contributed by atoms with Gasteiger partial charge < -0.3 is 24.3 Å². The SMILES string of the molecule is CCOc1cc(C(=O)N[C@@H](C)C(OC)OC)ccc1OCc1cccnc1. The lowest BCUT2D eigenvalue weighted by atomic mass is 10.1. The summed E-state index contributed by atoms with van der Waals surface area (Å²) in [7, 11) is 3.05. The van der Waals surface area contributed by atoms with Crippen molar-refractivity contribution in [1.82, 2.24) is 10.3 Å². The summed E-state index contributed by atoms with van der Waals surface area (Å²) in [5.41, 5.74) is 1.41. The molecule has 27 heavy (non-hydrogen) atoms. The molecule has 1 aromatic heterocycles. The molecule has 7 heteroatoms. The predicted molar refractivity (Wildman–Crippen MR) is 101 cm³/mol. The highest BCUT2D eigenvalue weighted by Crippen LogP contribution is 2.29. The van der Waals surface area contributed by atoms with E-state index in [2.05, 4.69) is 10.3 Å². The van der Waals surface area contributed by atoms with Crippen molar-refractivity contribution in [2.24, 2.45) is 0 Å². The lowest BCUT2D eigenvalue weighted by molar-refractivity contribution is -0.117. The van der Waals surface area contributed by atoms with Crippen LogP contribution >= 0.6 is 0 Å². The summed E-state index contributed by atoms with van der Waals surface area (Å²) in [5, 5.41) is 2.85. The fourth-order valence-corrected chi connectivity index (χ4v) is 2.54. The summed E-state index contributed by atoms with van der Waals surface area (Å²) < 4.78 is 21.8. The maximum absolute atomic E-state index is 12.5. The van der Waals surface area contributed by atoms with Crippen molar-refractivity contribution in [1.29, 1.82) is 0 Å². The summed E-state index contributed by atoms with van der Waals surface area (Å²) in [6.45, 7) is 4.51. The maximum atomic E-state index is 12.5. The van der Waals surface area contributed by atoms with E-state index in [4.69, 9.17) is 18.9 Å². The minimum atomic E-state index is -0.526. The molecule has 0 unspecified atom stereocenters. The van der Waals surface area contributed by atoms with E-state index in [1.165, 1.54) is 14.2 Å². The number of nitrogens with zero attached hydrogens (tertiary/aromatic N) is 1. The van der Waals surface area contributed by atoms with Crippen molar-refractivity contribution < 1.29 is 23.7 Å². The third-order valence-electron chi connectivity index (χ3n) is 3.85. The van der Waals surface area contributed by atoms with Crippen LogP contribution in [0.3, 0.4) is 0 Å². The molecule has 146 valence electrons. The van der Waals surface area contributed by atoms with Gasteiger partial charge in [0, 0.05) is 37.7 Å². The van der Waals surface area contributed by atoms with E-state index in [0.717, 1.165) is 5.56 Å². The number of benzene rings is 1. The van der Waals surface area contributed by atoms with Crippen LogP contribution in [0.2, 0.25) is 0 Å². The van der Waals surface area contributed by atoms with Gasteiger partial charge in [0.05, 0.1) is 12.6 Å². The van der Waals surface area contributed by atoms with Crippen molar-refractivity contribution in [3.63, 3.8) is 0 Å². The number of ether oxygens (including phenoxy) is 4. The summed E-state index contributed by atoms with van der Waals surface area (Å²) in [4.78, 5) is 16.6. The Hall–Kier alpha value is -2.64. The van der Waals surface area contributed by atoms with Gasteiger partial charge in [-0.2, -0.15) is 0 Å². The molecule has 0 bridgehead atoms. The molecule has 7 nitrogen and oxygen atoms in total. The summed E-state index contributed by atoms with van der Waals surface area (Å²) in [6, 6.07) is 8.55. The number of methoxy groups -OCH3 is 2. The minimum Gasteiger partial charge on any atom is -0.490 e. The van der Waals surface area contributed by atoms with Gasteiger partial charge in [0.25, 0.3) is 5.91 Å². The van der Waals surface area contributed by atoms with Crippen LogP contribution in [0.5, 0.6) is 11.5 Å². The van der Waals surface area contributed by atoms with Crippen molar-refractivity contribution in [3.05, 3.63) is 53.9 Å². The van der Waals surface area contributed by atoms with E-state index in [0.29, 0.717) is 30.3 Å². The van der Waals surface area contributed by atoms with Gasteiger partial charge in [-0.15, -0.1) is 0 Å². The Morgan fingerprint density at radius 3 is 2.56 bits per heavy atom. The quantitative estimate of drug-likeness (QED) is 0.644. The zero-order chi connectivity index (χ0) is 19.6. The van der Waals surface area contributed by atoms with Crippen LogP contribution in [-0.2, 0) is 16.1 Å². The highest BCUT2D eigenvalue weighted by molar-refractivity contribution is 5.95. The molecular weight excluding hydrogens is 348 g/mol. The molecule has 0 spiro atoms. The maximum Gasteiger partial charge on any atom is 0.251 e. The molecule has 0 fully saturated rings. The predicted octanol–water partition coefficient (Wildman–Crippen LogP) is 2.80. The fourth-order valence-electron chi connectivity index (χ4n) is 2.54. The van der Waals surface area contributed by atoms with Crippen LogP contribution in [0, 0.1) is 0 Å². The second kappa shape index (κ2) is 10.5. The lowest BCUT2D eigenvalue weighted by Crippen LogP contribution is -2.42. The monoisotopic (exact) mass is 374 g/mol. The van der Waals surface area contributed by atoms with E-state index in [-0.39, 0.29) is 11.9 Å². The standard InChI is InChI=1S/C20H26N2O5/c1-5-26-18-11-16(19(23)22-14(2)20(24-3)25-4)8-9-17(18)27-13-15-7-6-10-21-12-15/h6-12,14,20H,5,13H2,1-4H3,(H,22,23)/t14-/m0/s1. The molecular formula is C20H26N2O5.